The van der Waals surface area contributed by atoms with Crippen LogP contribution in [0, 0.1) is 0 Å². The fraction of sp³-hybridized carbons (Fsp3) is 0.824. The summed E-state index contributed by atoms with van der Waals surface area (Å²) in [5.41, 5.74) is 0. The lowest BCUT2D eigenvalue weighted by molar-refractivity contribution is -0.149. The summed E-state index contributed by atoms with van der Waals surface area (Å²) in [6.45, 7) is 4.53. The molecule has 8 nitrogen and oxygen atoms in total. The van der Waals surface area contributed by atoms with Crippen molar-refractivity contribution in [2.75, 3.05) is 46.8 Å². The number of methoxy groups -OCH3 is 1. The average molecular weight is 362 g/mol. The van der Waals surface area contributed by atoms with Crippen LogP contribution in [0.15, 0.2) is 0 Å². The van der Waals surface area contributed by atoms with E-state index < -0.39 is 12.1 Å². The zero-order valence-corrected chi connectivity index (χ0v) is 15.4. The maximum absolute atomic E-state index is 11.5. The Labute approximate surface area is 149 Å². The molecule has 0 aromatic carbocycles. The first-order chi connectivity index (χ1) is 12.0. The Morgan fingerprint density at radius 3 is 2.20 bits per heavy atom. The van der Waals surface area contributed by atoms with E-state index in [0.717, 1.165) is 19.3 Å². The maximum atomic E-state index is 11.5. The Kier molecular flexibility index (Phi) is 15.0. The summed E-state index contributed by atoms with van der Waals surface area (Å²) in [7, 11) is 1.43. The first-order valence-corrected chi connectivity index (χ1v) is 8.47. The van der Waals surface area contributed by atoms with Crippen LogP contribution in [0.3, 0.4) is 0 Å². The molecule has 0 aliphatic rings. The molecule has 0 rings (SSSR count). The van der Waals surface area contributed by atoms with Gasteiger partial charge in [-0.05, 0) is 26.7 Å². The molecule has 0 aliphatic heterocycles. The van der Waals surface area contributed by atoms with E-state index in [0.29, 0.717) is 19.6 Å². The van der Waals surface area contributed by atoms with E-state index in [1.165, 1.54) is 14.0 Å². The molecule has 1 unspecified atom stereocenters. The Morgan fingerprint density at radius 2 is 1.52 bits per heavy atom. The number of hydrogen-bond acceptors (Lipinski definition) is 8. The zero-order chi connectivity index (χ0) is 18.9. The second-order valence-corrected chi connectivity index (χ2v) is 5.42. The lowest BCUT2D eigenvalue weighted by Gasteiger charge is -2.10. The molecule has 0 amide bonds. The molecular formula is C17H30O8. The van der Waals surface area contributed by atoms with Crippen LogP contribution in [-0.2, 0) is 38.1 Å². The molecule has 0 fully saturated rings. The van der Waals surface area contributed by atoms with E-state index in [4.69, 9.17) is 18.9 Å². The maximum Gasteiger partial charge on any atom is 0.332 e. The van der Waals surface area contributed by atoms with Gasteiger partial charge in [-0.1, -0.05) is 6.42 Å². The minimum Gasteiger partial charge on any atom is -0.463 e. The van der Waals surface area contributed by atoms with Gasteiger partial charge in [0.05, 0.1) is 13.2 Å². The average Bonchev–Trinajstić information content (AvgIpc) is 2.57. The first-order valence-electron chi connectivity index (χ1n) is 8.47. The van der Waals surface area contributed by atoms with Crippen molar-refractivity contribution in [2.45, 2.75) is 45.6 Å². The number of rotatable bonds is 16. The minimum absolute atomic E-state index is 0.0540. The van der Waals surface area contributed by atoms with E-state index >= 15 is 0 Å². The van der Waals surface area contributed by atoms with Gasteiger partial charge < -0.3 is 23.7 Å². The van der Waals surface area contributed by atoms with E-state index in [9.17, 15) is 14.4 Å². The van der Waals surface area contributed by atoms with Gasteiger partial charge in [0.2, 0.25) is 0 Å². The number of carbonyl (C=O) groups excluding carboxylic acids is 3. The van der Waals surface area contributed by atoms with Gasteiger partial charge in [0.25, 0.3) is 0 Å². The van der Waals surface area contributed by atoms with Gasteiger partial charge in [-0.3, -0.25) is 9.59 Å². The van der Waals surface area contributed by atoms with Crippen molar-refractivity contribution in [1.82, 2.24) is 0 Å². The number of Topliss-reactive ketones (excluding diaryl/α,β-unsaturated/α-hetero) is 1. The third-order valence-corrected chi connectivity index (χ3v) is 3.21. The Hall–Kier alpha value is -1.51. The SMILES string of the molecule is COCC(=O)OCCOCCCCCC(=O)OCCOC(C)C(C)=O. The second kappa shape index (κ2) is 16.0. The molecule has 146 valence electrons. The van der Waals surface area contributed by atoms with Gasteiger partial charge in [-0.2, -0.15) is 0 Å². The highest BCUT2D eigenvalue weighted by Gasteiger charge is 2.08. The van der Waals surface area contributed by atoms with Crippen molar-refractivity contribution in [2.24, 2.45) is 0 Å². The fourth-order valence-electron chi connectivity index (χ4n) is 1.70. The summed E-state index contributed by atoms with van der Waals surface area (Å²) < 4.78 is 25.0. The summed E-state index contributed by atoms with van der Waals surface area (Å²) in [6, 6.07) is 0. The smallest absolute Gasteiger partial charge is 0.332 e. The topological polar surface area (TPSA) is 97.4 Å². The van der Waals surface area contributed by atoms with Crippen LogP contribution >= 0.6 is 0 Å². The molecule has 25 heavy (non-hydrogen) atoms. The predicted molar refractivity (Wildman–Crippen MR) is 89.2 cm³/mol. The van der Waals surface area contributed by atoms with Gasteiger partial charge in [0.1, 0.15) is 25.9 Å². The van der Waals surface area contributed by atoms with E-state index in [1.807, 2.05) is 0 Å². The van der Waals surface area contributed by atoms with Crippen molar-refractivity contribution < 1.29 is 38.1 Å². The van der Waals surface area contributed by atoms with Crippen LogP contribution in [-0.4, -0.2) is 70.6 Å². The quantitative estimate of drug-likeness (QED) is 0.299. The highest BCUT2D eigenvalue weighted by atomic mass is 16.6. The number of ether oxygens (including phenoxy) is 5. The normalized spacial score (nSPS) is 11.8. The third kappa shape index (κ3) is 15.7. The number of esters is 2. The van der Waals surface area contributed by atoms with Crippen molar-refractivity contribution in [3.63, 3.8) is 0 Å². The fourth-order valence-corrected chi connectivity index (χ4v) is 1.70. The summed E-state index contributed by atoms with van der Waals surface area (Å²) >= 11 is 0. The van der Waals surface area contributed by atoms with Crippen LogP contribution < -0.4 is 0 Å². The molecule has 1 atom stereocenters. The minimum atomic E-state index is -0.470. The van der Waals surface area contributed by atoms with Crippen LogP contribution in [0.1, 0.15) is 39.5 Å². The van der Waals surface area contributed by atoms with Crippen LogP contribution in [0.5, 0.6) is 0 Å². The molecule has 0 aromatic rings. The molecule has 0 heterocycles. The van der Waals surface area contributed by atoms with Crippen molar-refractivity contribution >= 4 is 17.7 Å². The largest absolute Gasteiger partial charge is 0.463 e. The predicted octanol–water partition coefficient (Wildman–Crippen LogP) is 1.29. The lowest BCUT2D eigenvalue weighted by Crippen LogP contribution is -2.20. The molecule has 0 spiro atoms. The second-order valence-electron chi connectivity index (χ2n) is 5.42. The molecular weight excluding hydrogens is 332 g/mol. The zero-order valence-electron chi connectivity index (χ0n) is 15.4. The number of unbranched alkanes of at least 4 members (excludes halogenated alkanes) is 2. The van der Waals surface area contributed by atoms with E-state index in [2.05, 4.69) is 4.74 Å². The van der Waals surface area contributed by atoms with Gasteiger partial charge in [-0.15, -0.1) is 0 Å². The molecule has 0 aliphatic carbocycles. The first kappa shape index (κ1) is 23.5. The molecule has 0 aromatic heterocycles. The molecule has 0 radical (unpaired) electrons. The Bertz CT molecular complexity index is 383. The molecule has 0 N–H and O–H groups in total. The highest BCUT2D eigenvalue weighted by molar-refractivity contribution is 5.79. The van der Waals surface area contributed by atoms with Gasteiger partial charge in [-0.25, -0.2) is 4.79 Å². The third-order valence-electron chi connectivity index (χ3n) is 3.21. The van der Waals surface area contributed by atoms with Crippen molar-refractivity contribution in [3.8, 4) is 0 Å². The van der Waals surface area contributed by atoms with Gasteiger partial charge in [0, 0.05) is 20.1 Å². The number of hydrogen-bond donors (Lipinski definition) is 0. The van der Waals surface area contributed by atoms with E-state index in [-0.39, 0.29) is 38.2 Å². The van der Waals surface area contributed by atoms with Crippen molar-refractivity contribution in [1.29, 1.82) is 0 Å². The van der Waals surface area contributed by atoms with Crippen LogP contribution in [0.25, 0.3) is 0 Å². The molecule has 0 saturated heterocycles. The van der Waals surface area contributed by atoms with Gasteiger partial charge >= 0.3 is 11.9 Å². The van der Waals surface area contributed by atoms with Crippen LogP contribution in [0.2, 0.25) is 0 Å². The summed E-state index contributed by atoms with van der Waals surface area (Å²) in [5, 5.41) is 0. The summed E-state index contributed by atoms with van der Waals surface area (Å²) in [5.74, 6) is -0.738. The molecule has 0 bridgehead atoms. The van der Waals surface area contributed by atoms with Crippen molar-refractivity contribution in [3.05, 3.63) is 0 Å². The lowest BCUT2D eigenvalue weighted by atomic mass is 10.2. The number of carbonyl (C=O) groups is 3. The monoisotopic (exact) mass is 362 g/mol. The molecule has 8 heteroatoms. The Morgan fingerprint density at radius 1 is 0.840 bits per heavy atom. The summed E-state index contributed by atoms with van der Waals surface area (Å²) in [6.07, 6.45) is 2.25. The number of ketones is 1. The standard InChI is InChI=1S/C17H30O8/c1-14(18)15(2)23-11-12-24-16(19)7-5-4-6-8-22-9-10-25-17(20)13-21-3/h15H,4-13H2,1-3H3. The Balaban J connectivity index is 3.32. The highest BCUT2D eigenvalue weighted by Crippen LogP contribution is 2.02. The van der Waals surface area contributed by atoms with E-state index in [1.54, 1.807) is 6.92 Å². The van der Waals surface area contributed by atoms with Gasteiger partial charge in [0.15, 0.2) is 5.78 Å². The molecule has 0 saturated carbocycles. The summed E-state index contributed by atoms with van der Waals surface area (Å²) in [4.78, 5) is 33.4. The van der Waals surface area contributed by atoms with Crippen LogP contribution in [0.4, 0.5) is 0 Å².